The van der Waals surface area contributed by atoms with Crippen LogP contribution in [0.4, 0.5) is 9.18 Å². The molecule has 0 radical (unpaired) electrons. The topological polar surface area (TPSA) is 132 Å². The van der Waals surface area contributed by atoms with Crippen molar-refractivity contribution in [3.63, 3.8) is 0 Å². The second-order valence-electron chi connectivity index (χ2n) is 9.19. The standard InChI is InChI=1S/C29H30FN5O6/c1-16-12-20(18(3)35(16)22-9-7-21(30)8-10-22)14-31-34-25(36)15-41-23-11-6-19(13-24(23)39-4)27-26(28(37)40-5)17(2)32-29(38)33-27/h6-14,27H,15H2,1-5H3,(H,34,36)(H2,32,33,38)/b31-14-/t27-/m0/s1. The van der Waals surface area contributed by atoms with E-state index in [-0.39, 0.29) is 23.7 Å². The molecule has 0 saturated carbocycles. The van der Waals surface area contributed by atoms with Crippen LogP contribution in [-0.2, 0) is 14.3 Å². The Kier molecular flexibility index (Phi) is 8.71. The van der Waals surface area contributed by atoms with E-state index >= 15 is 0 Å². The maximum Gasteiger partial charge on any atom is 0.337 e. The van der Waals surface area contributed by atoms with Crippen LogP contribution in [0, 0.1) is 19.7 Å². The lowest BCUT2D eigenvalue weighted by Gasteiger charge is -2.28. The van der Waals surface area contributed by atoms with Crippen LogP contribution in [0.15, 0.2) is 64.9 Å². The molecule has 0 unspecified atom stereocenters. The number of ether oxygens (including phenoxy) is 3. The van der Waals surface area contributed by atoms with Crippen LogP contribution in [0.5, 0.6) is 11.5 Å². The summed E-state index contributed by atoms with van der Waals surface area (Å²) in [6.07, 6.45) is 1.53. The van der Waals surface area contributed by atoms with Crippen molar-refractivity contribution in [2.24, 2.45) is 5.10 Å². The van der Waals surface area contributed by atoms with Crippen molar-refractivity contribution in [1.82, 2.24) is 20.6 Å². The van der Waals surface area contributed by atoms with Gasteiger partial charge in [0.1, 0.15) is 5.82 Å². The number of nitrogens with zero attached hydrogens (tertiary/aromatic N) is 2. The Morgan fingerprint density at radius 1 is 1.07 bits per heavy atom. The first-order valence-electron chi connectivity index (χ1n) is 12.6. The van der Waals surface area contributed by atoms with Crippen LogP contribution in [0.1, 0.15) is 35.5 Å². The van der Waals surface area contributed by atoms with E-state index in [0.717, 1.165) is 22.6 Å². The van der Waals surface area contributed by atoms with Gasteiger partial charge in [0.15, 0.2) is 18.1 Å². The Morgan fingerprint density at radius 2 is 1.80 bits per heavy atom. The minimum Gasteiger partial charge on any atom is -0.493 e. The van der Waals surface area contributed by atoms with E-state index < -0.39 is 23.9 Å². The summed E-state index contributed by atoms with van der Waals surface area (Å²) in [6, 6.07) is 11.7. The summed E-state index contributed by atoms with van der Waals surface area (Å²) in [4.78, 5) is 36.8. The van der Waals surface area contributed by atoms with Gasteiger partial charge in [-0.05, 0) is 68.8 Å². The number of carbonyl (C=O) groups is 3. The number of hydrogen-bond acceptors (Lipinski definition) is 7. The quantitative estimate of drug-likeness (QED) is 0.207. The van der Waals surface area contributed by atoms with Crippen LogP contribution in [0.3, 0.4) is 0 Å². The first-order valence-corrected chi connectivity index (χ1v) is 12.6. The highest BCUT2D eigenvalue weighted by atomic mass is 19.1. The molecule has 41 heavy (non-hydrogen) atoms. The van der Waals surface area contributed by atoms with Crippen LogP contribution in [0.2, 0.25) is 0 Å². The molecule has 2 heterocycles. The van der Waals surface area contributed by atoms with Gasteiger partial charge in [-0.1, -0.05) is 6.07 Å². The summed E-state index contributed by atoms with van der Waals surface area (Å²) < 4.78 is 31.2. The molecule has 1 aromatic heterocycles. The van der Waals surface area contributed by atoms with Crippen molar-refractivity contribution in [3.05, 3.63) is 88.1 Å². The SMILES string of the molecule is COC(=O)C1=C(C)NC(=O)N[C@H]1c1ccc(OCC(=O)N/N=C\c2cc(C)n(-c3ccc(F)cc3)c2C)c(OC)c1. The van der Waals surface area contributed by atoms with Gasteiger partial charge in [0.2, 0.25) is 0 Å². The molecule has 0 fully saturated rings. The molecule has 1 aliphatic heterocycles. The van der Waals surface area contributed by atoms with Gasteiger partial charge in [-0.2, -0.15) is 5.10 Å². The van der Waals surface area contributed by atoms with Gasteiger partial charge in [-0.3, -0.25) is 4.79 Å². The van der Waals surface area contributed by atoms with Crippen molar-refractivity contribution in [2.75, 3.05) is 20.8 Å². The normalized spacial score (nSPS) is 14.9. The monoisotopic (exact) mass is 563 g/mol. The molecule has 0 saturated heterocycles. The Morgan fingerprint density at radius 3 is 2.49 bits per heavy atom. The smallest absolute Gasteiger partial charge is 0.337 e. The van der Waals surface area contributed by atoms with Gasteiger partial charge >= 0.3 is 12.0 Å². The predicted octanol–water partition coefficient (Wildman–Crippen LogP) is 3.57. The van der Waals surface area contributed by atoms with Crippen LogP contribution in [-0.4, -0.2) is 49.5 Å². The molecule has 12 heteroatoms. The Bertz CT molecular complexity index is 1540. The maximum absolute atomic E-state index is 13.3. The number of esters is 1. The molecule has 3 N–H and O–H groups in total. The third-order valence-corrected chi connectivity index (χ3v) is 6.50. The number of carbonyl (C=O) groups excluding carboxylic acids is 3. The first-order chi connectivity index (χ1) is 19.6. The number of hydrogen-bond donors (Lipinski definition) is 3. The molecular formula is C29H30FN5O6. The second-order valence-corrected chi connectivity index (χ2v) is 9.19. The molecule has 214 valence electrons. The molecule has 11 nitrogen and oxygen atoms in total. The number of aryl methyl sites for hydroxylation is 1. The lowest BCUT2D eigenvalue weighted by atomic mass is 9.95. The summed E-state index contributed by atoms with van der Waals surface area (Å²) in [5.74, 6) is -0.835. The highest BCUT2D eigenvalue weighted by Crippen LogP contribution is 2.34. The number of halogens is 1. The van der Waals surface area contributed by atoms with E-state index in [1.54, 1.807) is 37.3 Å². The lowest BCUT2D eigenvalue weighted by molar-refractivity contribution is -0.136. The maximum atomic E-state index is 13.3. The molecule has 1 aliphatic rings. The zero-order valence-electron chi connectivity index (χ0n) is 23.2. The van der Waals surface area contributed by atoms with E-state index in [1.165, 1.54) is 32.6 Å². The Hall–Kier alpha value is -5.13. The molecule has 0 spiro atoms. The molecule has 1 atom stereocenters. The zero-order valence-corrected chi connectivity index (χ0v) is 23.2. The molecule has 3 amide bonds. The lowest BCUT2D eigenvalue weighted by Crippen LogP contribution is -2.45. The number of hydrazone groups is 1. The average molecular weight is 564 g/mol. The van der Waals surface area contributed by atoms with Gasteiger partial charge < -0.3 is 29.4 Å². The van der Waals surface area contributed by atoms with E-state index in [4.69, 9.17) is 14.2 Å². The predicted molar refractivity (Wildman–Crippen MR) is 149 cm³/mol. The second kappa shape index (κ2) is 12.4. The van der Waals surface area contributed by atoms with Crippen LogP contribution in [0.25, 0.3) is 5.69 Å². The largest absolute Gasteiger partial charge is 0.493 e. The van der Waals surface area contributed by atoms with Crippen LogP contribution >= 0.6 is 0 Å². The van der Waals surface area contributed by atoms with Crippen molar-refractivity contribution in [1.29, 1.82) is 0 Å². The summed E-state index contributed by atoms with van der Waals surface area (Å²) >= 11 is 0. The highest BCUT2D eigenvalue weighted by Gasteiger charge is 2.32. The molecule has 0 aliphatic carbocycles. The average Bonchev–Trinajstić information content (AvgIpc) is 3.23. The van der Waals surface area contributed by atoms with E-state index in [9.17, 15) is 18.8 Å². The van der Waals surface area contributed by atoms with E-state index in [2.05, 4.69) is 21.2 Å². The number of methoxy groups -OCH3 is 2. The van der Waals surface area contributed by atoms with Crippen molar-refractivity contribution < 1.29 is 33.0 Å². The number of amides is 3. The van der Waals surface area contributed by atoms with Crippen LogP contribution < -0.4 is 25.5 Å². The summed E-state index contributed by atoms with van der Waals surface area (Å²) in [5, 5.41) is 9.31. The number of rotatable bonds is 9. The van der Waals surface area contributed by atoms with Gasteiger partial charge in [-0.25, -0.2) is 19.4 Å². The Balaban J connectivity index is 1.41. The van der Waals surface area contributed by atoms with Crippen molar-refractivity contribution in [3.8, 4) is 17.2 Å². The third-order valence-electron chi connectivity index (χ3n) is 6.50. The molecule has 0 bridgehead atoms. The summed E-state index contributed by atoms with van der Waals surface area (Å²) in [7, 11) is 2.69. The molecule has 3 aromatic rings. The van der Waals surface area contributed by atoms with Gasteiger partial charge in [0.25, 0.3) is 5.91 Å². The fraction of sp³-hybridized carbons (Fsp3) is 0.241. The molecule has 2 aromatic carbocycles. The van der Waals surface area contributed by atoms with Crippen molar-refractivity contribution in [2.45, 2.75) is 26.8 Å². The molecular weight excluding hydrogens is 533 g/mol. The fourth-order valence-corrected chi connectivity index (χ4v) is 4.56. The third kappa shape index (κ3) is 6.38. The van der Waals surface area contributed by atoms with Gasteiger partial charge in [-0.15, -0.1) is 0 Å². The fourth-order valence-electron chi connectivity index (χ4n) is 4.56. The minimum atomic E-state index is -0.776. The van der Waals surface area contributed by atoms with Crippen molar-refractivity contribution >= 4 is 24.1 Å². The summed E-state index contributed by atoms with van der Waals surface area (Å²) in [5.41, 5.74) is 7.00. The molecule has 4 rings (SSSR count). The van der Waals surface area contributed by atoms with Gasteiger partial charge in [0, 0.05) is 28.3 Å². The van der Waals surface area contributed by atoms with E-state index in [0.29, 0.717) is 17.0 Å². The zero-order chi connectivity index (χ0) is 29.7. The minimum absolute atomic E-state index is 0.249. The van der Waals surface area contributed by atoms with E-state index in [1.807, 2.05) is 24.5 Å². The first kappa shape index (κ1) is 28.9. The highest BCUT2D eigenvalue weighted by molar-refractivity contribution is 5.95. The summed E-state index contributed by atoms with van der Waals surface area (Å²) in [6.45, 7) is 5.08. The van der Waals surface area contributed by atoms with Gasteiger partial charge in [0.05, 0.1) is 32.0 Å². The number of nitrogens with one attached hydrogen (secondary N) is 3. The Labute approximate surface area is 236 Å². The number of urea groups is 1. The number of benzene rings is 2. The number of aromatic nitrogens is 1. The number of allylic oxidation sites excluding steroid dienone is 1.